The van der Waals surface area contributed by atoms with E-state index in [0.717, 1.165) is 11.1 Å². The fourth-order valence-corrected chi connectivity index (χ4v) is 3.21. The average molecular weight is 379 g/mol. The first-order valence-electron chi connectivity index (χ1n) is 9.20. The molecule has 0 aliphatic heterocycles. The van der Waals surface area contributed by atoms with Gasteiger partial charge in [-0.05, 0) is 23.1 Å². The van der Waals surface area contributed by atoms with Crippen LogP contribution >= 0.6 is 0 Å². The second kappa shape index (κ2) is 7.84. The minimum absolute atomic E-state index is 0.0536. The lowest BCUT2D eigenvalue weighted by Crippen LogP contribution is -2.10. The summed E-state index contributed by atoms with van der Waals surface area (Å²) in [6.45, 7) is 4.33. The summed E-state index contributed by atoms with van der Waals surface area (Å²) in [5, 5.41) is 0. The number of carbonyl (C=O) groups excluding carboxylic acids is 2. The maximum atomic E-state index is 12.8. The van der Waals surface area contributed by atoms with Crippen molar-refractivity contribution in [2.24, 2.45) is 14.1 Å². The van der Waals surface area contributed by atoms with Crippen LogP contribution in [0.5, 0.6) is 0 Å². The van der Waals surface area contributed by atoms with Gasteiger partial charge in [-0.1, -0.05) is 38.1 Å². The molecule has 0 N–H and O–H groups in total. The van der Waals surface area contributed by atoms with Crippen molar-refractivity contribution in [1.29, 1.82) is 0 Å². The highest BCUT2D eigenvalue weighted by Crippen LogP contribution is 2.25. The van der Waals surface area contributed by atoms with E-state index in [9.17, 15) is 9.59 Å². The van der Waals surface area contributed by atoms with Gasteiger partial charge in [0.15, 0.2) is 5.78 Å². The number of aryl methyl sites for hydroxylation is 2. The number of hydrogen-bond acceptors (Lipinski definition) is 4. The van der Waals surface area contributed by atoms with E-state index < -0.39 is 5.97 Å². The lowest BCUT2D eigenvalue weighted by molar-refractivity contribution is 0.0582. The topological polar surface area (TPSA) is 66.1 Å². The lowest BCUT2D eigenvalue weighted by Gasteiger charge is -2.05. The fourth-order valence-electron chi connectivity index (χ4n) is 3.21. The predicted molar refractivity (Wildman–Crippen MR) is 108 cm³/mol. The molecule has 0 aliphatic carbocycles. The molecule has 0 saturated carbocycles. The third-order valence-corrected chi connectivity index (χ3v) is 4.84. The van der Waals surface area contributed by atoms with Crippen LogP contribution in [0.3, 0.4) is 0 Å². The lowest BCUT2D eigenvalue weighted by atomic mass is 10.00. The minimum atomic E-state index is -0.521. The molecule has 0 aliphatic rings. The van der Waals surface area contributed by atoms with Crippen LogP contribution in [0.1, 0.15) is 52.1 Å². The molecule has 3 aromatic rings. The van der Waals surface area contributed by atoms with Crippen molar-refractivity contribution in [3.8, 4) is 11.1 Å². The van der Waals surface area contributed by atoms with E-state index in [-0.39, 0.29) is 18.0 Å². The van der Waals surface area contributed by atoms with E-state index in [0.29, 0.717) is 17.3 Å². The number of Topliss-reactive ketones (excluding diaryl/α,β-unsaturated/α-hetero) is 1. The van der Waals surface area contributed by atoms with Crippen LogP contribution < -0.4 is 0 Å². The molecule has 3 rings (SSSR count). The Hall–Kier alpha value is -3.15. The summed E-state index contributed by atoms with van der Waals surface area (Å²) < 4.78 is 8.11. The zero-order valence-corrected chi connectivity index (χ0v) is 16.9. The Labute approximate surface area is 164 Å². The highest BCUT2D eigenvalue weighted by molar-refractivity contribution is 5.97. The minimum Gasteiger partial charge on any atom is -0.463 e. The summed E-state index contributed by atoms with van der Waals surface area (Å²) in [6, 6.07) is 10.3. The van der Waals surface area contributed by atoms with Gasteiger partial charge in [0, 0.05) is 32.1 Å². The van der Waals surface area contributed by atoms with Crippen LogP contribution in [-0.4, -0.2) is 33.0 Å². The summed E-state index contributed by atoms with van der Waals surface area (Å²) in [5.41, 5.74) is 4.50. The average Bonchev–Trinajstić information content (AvgIpc) is 3.23. The second-order valence-corrected chi connectivity index (χ2v) is 7.26. The summed E-state index contributed by atoms with van der Waals surface area (Å²) in [5.74, 6) is 0.0904. The standard InChI is InChI=1S/C22H25N3O3/c1-14(2)15-6-8-16(9-7-15)17-10-19(24(3)12-17)20(26)11-18-13-25(4)21(23-18)22(27)28-5/h6-10,12-14H,11H2,1-5H3. The molecule has 6 nitrogen and oxygen atoms in total. The summed E-state index contributed by atoms with van der Waals surface area (Å²) in [6.07, 6.45) is 3.75. The third kappa shape index (κ3) is 3.91. The Morgan fingerprint density at radius 2 is 1.71 bits per heavy atom. The van der Waals surface area contributed by atoms with Gasteiger partial charge < -0.3 is 13.9 Å². The van der Waals surface area contributed by atoms with Gasteiger partial charge >= 0.3 is 5.97 Å². The van der Waals surface area contributed by atoms with Crippen LogP contribution in [0.2, 0.25) is 0 Å². The summed E-state index contributed by atoms with van der Waals surface area (Å²) in [4.78, 5) is 28.7. The summed E-state index contributed by atoms with van der Waals surface area (Å²) in [7, 11) is 4.87. The Balaban J connectivity index is 1.81. The number of nitrogens with zero attached hydrogens (tertiary/aromatic N) is 3. The smallest absolute Gasteiger partial charge is 0.374 e. The molecule has 28 heavy (non-hydrogen) atoms. The fraction of sp³-hybridized carbons (Fsp3) is 0.318. The normalized spacial score (nSPS) is 11.1. The molecule has 0 amide bonds. The van der Waals surface area contributed by atoms with Crippen LogP contribution in [0.4, 0.5) is 0 Å². The van der Waals surface area contributed by atoms with E-state index in [4.69, 9.17) is 4.74 Å². The first-order valence-corrected chi connectivity index (χ1v) is 9.20. The number of ether oxygens (including phenoxy) is 1. The number of methoxy groups -OCH3 is 1. The molecule has 0 radical (unpaired) electrons. The SMILES string of the molecule is COC(=O)c1nc(CC(=O)c2cc(-c3ccc(C(C)C)cc3)cn2C)cn1C. The number of rotatable bonds is 6. The van der Waals surface area contributed by atoms with Crippen molar-refractivity contribution in [1.82, 2.24) is 14.1 Å². The van der Waals surface area contributed by atoms with Crippen molar-refractivity contribution in [3.05, 3.63) is 65.5 Å². The van der Waals surface area contributed by atoms with Crippen molar-refractivity contribution < 1.29 is 14.3 Å². The van der Waals surface area contributed by atoms with Crippen LogP contribution in [0, 0.1) is 0 Å². The van der Waals surface area contributed by atoms with Gasteiger partial charge in [-0.25, -0.2) is 9.78 Å². The molecule has 0 fully saturated rings. The monoisotopic (exact) mass is 379 g/mol. The molecular formula is C22H25N3O3. The number of hydrogen-bond donors (Lipinski definition) is 0. The number of imidazole rings is 1. The first-order chi connectivity index (χ1) is 13.3. The van der Waals surface area contributed by atoms with Crippen LogP contribution in [0.15, 0.2) is 42.7 Å². The quantitative estimate of drug-likeness (QED) is 0.483. The van der Waals surface area contributed by atoms with E-state index in [1.807, 2.05) is 23.9 Å². The number of aromatic nitrogens is 3. The molecule has 0 unspecified atom stereocenters. The van der Waals surface area contributed by atoms with E-state index >= 15 is 0 Å². The van der Waals surface area contributed by atoms with Crippen LogP contribution in [0.25, 0.3) is 11.1 Å². The molecule has 2 heterocycles. The Kier molecular flexibility index (Phi) is 5.49. The largest absolute Gasteiger partial charge is 0.463 e. The Morgan fingerprint density at radius 1 is 1.04 bits per heavy atom. The predicted octanol–water partition coefficient (Wildman–Crippen LogP) is 3.76. The Bertz CT molecular complexity index is 1010. The number of benzene rings is 1. The van der Waals surface area contributed by atoms with Gasteiger partial charge in [0.1, 0.15) is 0 Å². The van der Waals surface area contributed by atoms with E-state index in [1.165, 1.54) is 12.7 Å². The van der Waals surface area contributed by atoms with Gasteiger partial charge in [-0.2, -0.15) is 0 Å². The van der Waals surface area contributed by atoms with Crippen LogP contribution in [-0.2, 0) is 25.3 Å². The Morgan fingerprint density at radius 3 is 2.32 bits per heavy atom. The van der Waals surface area contributed by atoms with E-state index in [1.54, 1.807) is 17.8 Å². The molecule has 146 valence electrons. The highest BCUT2D eigenvalue weighted by atomic mass is 16.5. The molecule has 2 aromatic heterocycles. The number of carbonyl (C=O) groups is 2. The zero-order chi connectivity index (χ0) is 20.4. The maximum Gasteiger partial charge on any atom is 0.374 e. The third-order valence-electron chi connectivity index (χ3n) is 4.84. The highest BCUT2D eigenvalue weighted by Gasteiger charge is 2.18. The molecule has 6 heteroatoms. The van der Waals surface area contributed by atoms with Gasteiger partial charge in [0.2, 0.25) is 5.82 Å². The molecule has 0 spiro atoms. The molecular weight excluding hydrogens is 354 g/mol. The number of ketones is 1. The second-order valence-electron chi connectivity index (χ2n) is 7.26. The molecule has 1 aromatic carbocycles. The van der Waals surface area contributed by atoms with Gasteiger partial charge in [0.25, 0.3) is 0 Å². The van der Waals surface area contributed by atoms with Crippen molar-refractivity contribution >= 4 is 11.8 Å². The first kappa shape index (κ1) is 19.6. The van der Waals surface area contributed by atoms with E-state index in [2.05, 4.69) is 43.1 Å². The van der Waals surface area contributed by atoms with Crippen molar-refractivity contribution in [2.75, 3.05) is 7.11 Å². The molecule has 0 atom stereocenters. The zero-order valence-electron chi connectivity index (χ0n) is 16.9. The van der Waals surface area contributed by atoms with Gasteiger partial charge in [-0.15, -0.1) is 0 Å². The van der Waals surface area contributed by atoms with Gasteiger partial charge in [-0.3, -0.25) is 4.79 Å². The molecule has 0 saturated heterocycles. The van der Waals surface area contributed by atoms with Crippen molar-refractivity contribution in [2.45, 2.75) is 26.2 Å². The number of esters is 1. The van der Waals surface area contributed by atoms with Crippen molar-refractivity contribution in [3.63, 3.8) is 0 Å². The maximum absolute atomic E-state index is 12.8. The van der Waals surface area contributed by atoms with Gasteiger partial charge in [0.05, 0.1) is 24.9 Å². The summed E-state index contributed by atoms with van der Waals surface area (Å²) >= 11 is 0. The molecule has 0 bridgehead atoms.